The highest BCUT2D eigenvalue weighted by Crippen LogP contribution is 2.40. The molecule has 1 aliphatic heterocycles. The summed E-state index contributed by atoms with van der Waals surface area (Å²) in [6, 6.07) is 20.5. The van der Waals surface area contributed by atoms with Crippen molar-refractivity contribution in [2.45, 2.75) is 6.92 Å². The van der Waals surface area contributed by atoms with E-state index in [4.69, 9.17) is 5.11 Å². The SMILES string of the molecule is Cc1ccc(C(=O)NN/C=C2/C(=O)N(c3ccc(C(=O)O)cc3)c3ccccc32)cc1. The van der Waals surface area contributed by atoms with Crippen LogP contribution in [0.1, 0.15) is 31.8 Å². The van der Waals surface area contributed by atoms with E-state index in [0.29, 0.717) is 28.1 Å². The zero-order chi connectivity index (χ0) is 22.0. The number of benzene rings is 3. The summed E-state index contributed by atoms with van der Waals surface area (Å²) in [6.07, 6.45) is 1.46. The van der Waals surface area contributed by atoms with Gasteiger partial charge in [0.15, 0.2) is 0 Å². The van der Waals surface area contributed by atoms with Crippen molar-refractivity contribution in [3.05, 3.63) is 101 Å². The van der Waals surface area contributed by atoms with Crippen LogP contribution in [0.4, 0.5) is 11.4 Å². The van der Waals surface area contributed by atoms with Crippen LogP contribution >= 0.6 is 0 Å². The number of carbonyl (C=O) groups is 3. The molecule has 2 amide bonds. The average Bonchev–Trinajstić information content (AvgIpc) is 3.05. The van der Waals surface area contributed by atoms with Gasteiger partial charge in [0.05, 0.1) is 16.8 Å². The Morgan fingerprint density at radius 3 is 2.23 bits per heavy atom. The highest BCUT2D eigenvalue weighted by atomic mass is 16.4. The summed E-state index contributed by atoms with van der Waals surface area (Å²) in [7, 11) is 0. The van der Waals surface area contributed by atoms with E-state index in [1.165, 1.54) is 23.2 Å². The van der Waals surface area contributed by atoms with Crippen molar-refractivity contribution in [3.8, 4) is 0 Å². The molecule has 1 heterocycles. The van der Waals surface area contributed by atoms with Gasteiger partial charge in [-0.3, -0.25) is 19.9 Å². The second-order valence-electron chi connectivity index (χ2n) is 7.03. The maximum Gasteiger partial charge on any atom is 0.335 e. The molecular weight excluding hydrogens is 394 g/mol. The molecule has 0 atom stereocenters. The van der Waals surface area contributed by atoms with Gasteiger partial charge in [-0.05, 0) is 49.4 Å². The van der Waals surface area contributed by atoms with Crippen LogP contribution in [0.15, 0.2) is 79.0 Å². The van der Waals surface area contributed by atoms with Gasteiger partial charge in [-0.2, -0.15) is 0 Å². The van der Waals surface area contributed by atoms with Gasteiger partial charge >= 0.3 is 5.97 Å². The lowest BCUT2D eigenvalue weighted by atomic mass is 10.1. The third-order valence-electron chi connectivity index (χ3n) is 4.96. The van der Waals surface area contributed by atoms with Crippen LogP contribution in [-0.4, -0.2) is 22.9 Å². The lowest BCUT2D eigenvalue weighted by molar-refractivity contribution is -0.112. The summed E-state index contributed by atoms with van der Waals surface area (Å²) < 4.78 is 0. The van der Waals surface area contributed by atoms with Gasteiger partial charge in [-0.1, -0.05) is 35.9 Å². The van der Waals surface area contributed by atoms with Gasteiger partial charge in [0.25, 0.3) is 11.8 Å². The molecule has 0 bridgehead atoms. The number of fused-ring (bicyclic) bond motifs is 1. The van der Waals surface area contributed by atoms with E-state index < -0.39 is 5.97 Å². The van der Waals surface area contributed by atoms with Crippen molar-refractivity contribution in [2.24, 2.45) is 0 Å². The Labute approximate surface area is 178 Å². The molecule has 31 heavy (non-hydrogen) atoms. The van der Waals surface area contributed by atoms with E-state index >= 15 is 0 Å². The number of nitrogens with one attached hydrogen (secondary N) is 2. The van der Waals surface area contributed by atoms with Gasteiger partial charge in [0.2, 0.25) is 0 Å². The molecule has 7 heteroatoms. The molecule has 4 rings (SSSR count). The first kappa shape index (κ1) is 19.9. The highest BCUT2D eigenvalue weighted by molar-refractivity contribution is 6.34. The Kier molecular flexibility index (Phi) is 5.24. The van der Waals surface area contributed by atoms with E-state index in [0.717, 1.165) is 5.56 Å². The molecule has 0 aliphatic carbocycles. The molecule has 0 spiro atoms. The maximum absolute atomic E-state index is 13.2. The van der Waals surface area contributed by atoms with Crippen molar-refractivity contribution < 1.29 is 19.5 Å². The first-order chi connectivity index (χ1) is 15.0. The van der Waals surface area contributed by atoms with Gasteiger partial charge < -0.3 is 10.5 Å². The van der Waals surface area contributed by atoms with E-state index in [9.17, 15) is 14.4 Å². The Balaban J connectivity index is 1.57. The van der Waals surface area contributed by atoms with E-state index in [1.54, 1.807) is 24.3 Å². The van der Waals surface area contributed by atoms with Crippen LogP contribution in [0.2, 0.25) is 0 Å². The number of aryl methyl sites for hydroxylation is 1. The van der Waals surface area contributed by atoms with Crippen molar-refractivity contribution in [2.75, 3.05) is 4.90 Å². The largest absolute Gasteiger partial charge is 0.478 e. The Morgan fingerprint density at radius 2 is 1.55 bits per heavy atom. The number of anilines is 2. The molecule has 3 N–H and O–H groups in total. The third kappa shape index (κ3) is 3.89. The Morgan fingerprint density at radius 1 is 0.903 bits per heavy atom. The molecule has 7 nitrogen and oxygen atoms in total. The predicted octanol–water partition coefficient (Wildman–Crippen LogP) is 3.65. The lowest BCUT2D eigenvalue weighted by Gasteiger charge is -2.17. The van der Waals surface area contributed by atoms with Crippen molar-refractivity contribution in [3.63, 3.8) is 0 Å². The summed E-state index contributed by atoms with van der Waals surface area (Å²) in [5.74, 6) is -1.65. The number of para-hydroxylation sites is 1. The Hall–Kier alpha value is -4.39. The molecule has 0 saturated heterocycles. The normalized spacial score (nSPS) is 13.8. The van der Waals surface area contributed by atoms with Gasteiger partial charge in [-0.15, -0.1) is 0 Å². The fourth-order valence-electron chi connectivity index (χ4n) is 3.34. The molecule has 3 aromatic carbocycles. The second-order valence-corrected chi connectivity index (χ2v) is 7.03. The lowest BCUT2D eigenvalue weighted by Crippen LogP contribution is -2.34. The van der Waals surface area contributed by atoms with Crippen LogP contribution in [0.3, 0.4) is 0 Å². The summed E-state index contributed by atoms with van der Waals surface area (Å²) in [6.45, 7) is 1.94. The van der Waals surface area contributed by atoms with Crippen molar-refractivity contribution >= 4 is 34.7 Å². The third-order valence-corrected chi connectivity index (χ3v) is 4.96. The number of aromatic carboxylic acids is 1. The van der Waals surface area contributed by atoms with E-state index in [-0.39, 0.29) is 17.4 Å². The van der Waals surface area contributed by atoms with Crippen LogP contribution in [-0.2, 0) is 4.79 Å². The molecule has 0 unspecified atom stereocenters. The van der Waals surface area contributed by atoms with Crippen LogP contribution in [0.5, 0.6) is 0 Å². The molecule has 0 saturated carbocycles. The number of amides is 2. The molecule has 0 aromatic heterocycles. The predicted molar refractivity (Wildman–Crippen MR) is 117 cm³/mol. The minimum Gasteiger partial charge on any atom is -0.478 e. The fraction of sp³-hybridized carbons (Fsp3) is 0.0417. The number of hydrogen-bond acceptors (Lipinski definition) is 4. The monoisotopic (exact) mass is 413 g/mol. The molecule has 0 fully saturated rings. The zero-order valence-electron chi connectivity index (χ0n) is 16.6. The Bertz CT molecular complexity index is 1200. The minimum absolute atomic E-state index is 0.139. The standard InChI is InChI=1S/C24H19N3O4/c1-15-6-8-16(9-7-15)22(28)26-25-14-20-19-4-2-3-5-21(19)27(23(20)29)18-12-10-17(11-13-18)24(30)31/h2-14,25H,1H3,(H,26,28)(H,30,31)/b20-14+. The smallest absolute Gasteiger partial charge is 0.335 e. The molecule has 0 radical (unpaired) electrons. The van der Waals surface area contributed by atoms with Crippen molar-refractivity contribution in [1.29, 1.82) is 0 Å². The van der Waals surface area contributed by atoms with E-state index in [1.807, 2.05) is 43.3 Å². The topological polar surface area (TPSA) is 98.7 Å². The summed E-state index contributed by atoms with van der Waals surface area (Å²) >= 11 is 0. The number of carbonyl (C=O) groups excluding carboxylic acids is 2. The van der Waals surface area contributed by atoms with Crippen molar-refractivity contribution in [1.82, 2.24) is 10.9 Å². The van der Waals surface area contributed by atoms with Gasteiger partial charge in [-0.25, -0.2) is 4.79 Å². The van der Waals surface area contributed by atoms with Crippen LogP contribution in [0, 0.1) is 6.92 Å². The number of hydrogen-bond donors (Lipinski definition) is 3. The number of carboxylic acid groups (broad SMARTS) is 1. The minimum atomic E-state index is -1.03. The second kappa shape index (κ2) is 8.16. The summed E-state index contributed by atoms with van der Waals surface area (Å²) in [5.41, 5.74) is 9.28. The van der Waals surface area contributed by atoms with Crippen LogP contribution < -0.4 is 15.8 Å². The number of nitrogens with zero attached hydrogens (tertiary/aromatic N) is 1. The molecular formula is C24H19N3O4. The number of rotatable bonds is 5. The molecule has 3 aromatic rings. The first-order valence-electron chi connectivity index (χ1n) is 9.55. The number of carboxylic acids is 1. The van der Waals surface area contributed by atoms with Crippen LogP contribution in [0.25, 0.3) is 5.57 Å². The van der Waals surface area contributed by atoms with E-state index in [2.05, 4.69) is 10.9 Å². The summed E-state index contributed by atoms with van der Waals surface area (Å²) in [4.78, 5) is 38.1. The van der Waals surface area contributed by atoms with Gasteiger partial charge in [0, 0.05) is 23.0 Å². The quantitative estimate of drug-likeness (QED) is 0.438. The highest BCUT2D eigenvalue weighted by Gasteiger charge is 2.33. The first-order valence-corrected chi connectivity index (χ1v) is 9.55. The average molecular weight is 413 g/mol. The van der Waals surface area contributed by atoms with Gasteiger partial charge in [0.1, 0.15) is 0 Å². The molecule has 1 aliphatic rings. The summed E-state index contributed by atoms with van der Waals surface area (Å²) in [5, 5.41) is 9.10. The number of hydrazine groups is 1. The zero-order valence-corrected chi connectivity index (χ0v) is 16.6. The maximum atomic E-state index is 13.2. The fourth-order valence-corrected chi connectivity index (χ4v) is 3.34. The molecule has 154 valence electrons.